The van der Waals surface area contributed by atoms with Gasteiger partial charge in [0.1, 0.15) is 5.75 Å². The fourth-order valence-electron chi connectivity index (χ4n) is 3.01. The number of nitrogens with zero attached hydrogens (tertiary/aromatic N) is 2. The van der Waals surface area contributed by atoms with Crippen molar-refractivity contribution in [2.75, 3.05) is 6.54 Å². The van der Waals surface area contributed by atoms with Crippen LogP contribution in [0.4, 0.5) is 0 Å². The largest absolute Gasteiger partial charge is 0.438 e. The minimum atomic E-state index is -0.225. The predicted molar refractivity (Wildman–Crippen MR) is 88.2 cm³/mol. The summed E-state index contributed by atoms with van der Waals surface area (Å²) in [4.78, 5) is 8.05. The molecule has 1 aliphatic rings. The first-order valence-electron chi connectivity index (χ1n) is 8.23. The van der Waals surface area contributed by atoms with Crippen molar-refractivity contribution in [3.05, 3.63) is 48.4 Å². The highest BCUT2D eigenvalue weighted by Crippen LogP contribution is 2.27. The van der Waals surface area contributed by atoms with Gasteiger partial charge in [-0.2, -0.15) is 0 Å². The molecule has 2 aromatic rings. The molecule has 23 heavy (non-hydrogen) atoms. The second-order valence-corrected chi connectivity index (χ2v) is 6.03. The highest BCUT2D eigenvalue weighted by Gasteiger charge is 2.22. The van der Waals surface area contributed by atoms with Gasteiger partial charge >= 0.3 is 0 Å². The molecular weight excluding hydrogens is 290 g/mol. The molecule has 1 saturated carbocycles. The second-order valence-electron chi connectivity index (χ2n) is 6.03. The van der Waals surface area contributed by atoms with Crippen molar-refractivity contribution >= 4 is 0 Å². The van der Waals surface area contributed by atoms with Crippen LogP contribution in [0.2, 0.25) is 0 Å². The van der Waals surface area contributed by atoms with Gasteiger partial charge in [-0.25, -0.2) is 4.98 Å². The van der Waals surface area contributed by atoms with Gasteiger partial charge in [0, 0.05) is 25.5 Å². The molecule has 0 bridgehead atoms. The summed E-state index contributed by atoms with van der Waals surface area (Å²) in [5, 5.41) is 13.5. The summed E-state index contributed by atoms with van der Waals surface area (Å²) in [7, 11) is 0. The van der Waals surface area contributed by atoms with E-state index in [-0.39, 0.29) is 6.10 Å². The zero-order valence-electron chi connectivity index (χ0n) is 13.2. The molecule has 0 aliphatic heterocycles. The number of benzene rings is 1. The third kappa shape index (κ3) is 4.74. The molecule has 0 amide bonds. The first-order valence-corrected chi connectivity index (χ1v) is 8.23. The van der Waals surface area contributed by atoms with E-state index in [2.05, 4.69) is 15.3 Å². The summed E-state index contributed by atoms with van der Waals surface area (Å²) in [5.41, 5.74) is 1.16. The van der Waals surface area contributed by atoms with E-state index in [0.29, 0.717) is 18.3 Å². The Bertz CT molecular complexity index is 583. The van der Waals surface area contributed by atoms with E-state index in [0.717, 1.165) is 30.7 Å². The smallest absolute Gasteiger partial charge is 0.237 e. The Balaban J connectivity index is 1.44. The maximum absolute atomic E-state index is 10.1. The van der Waals surface area contributed by atoms with Gasteiger partial charge in [0.2, 0.25) is 5.88 Å². The molecule has 2 N–H and O–H groups in total. The molecule has 1 unspecified atom stereocenters. The minimum Gasteiger partial charge on any atom is -0.438 e. The molecule has 0 radical (unpaired) electrons. The van der Waals surface area contributed by atoms with E-state index >= 15 is 0 Å². The number of hydrogen-bond acceptors (Lipinski definition) is 5. The average molecular weight is 313 g/mol. The maximum atomic E-state index is 10.1. The number of ether oxygens (including phenoxy) is 1. The van der Waals surface area contributed by atoms with Crippen LogP contribution in [0.15, 0.2) is 42.9 Å². The molecule has 1 aromatic carbocycles. The monoisotopic (exact) mass is 313 g/mol. The fourth-order valence-corrected chi connectivity index (χ4v) is 3.01. The summed E-state index contributed by atoms with van der Waals surface area (Å²) in [6.07, 6.45) is 9.42. The second kappa shape index (κ2) is 8.04. The summed E-state index contributed by atoms with van der Waals surface area (Å²) >= 11 is 0. The molecule has 122 valence electrons. The Kier molecular flexibility index (Phi) is 5.56. The highest BCUT2D eigenvalue weighted by atomic mass is 16.5. The first kappa shape index (κ1) is 15.9. The number of hydrogen-bond donors (Lipinski definition) is 2. The Morgan fingerprint density at radius 3 is 2.65 bits per heavy atom. The molecule has 1 aliphatic carbocycles. The van der Waals surface area contributed by atoms with E-state index in [1.807, 2.05) is 24.3 Å². The van der Waals surface area contributed by atoms with Crippen molar-refractivity contribution in [1.82, 2.24) is 15.3 Å². The van der Waals surface area contributed by atoms with Crippen LogP contribution in [0, 0.1) is 5.92 Å². The zero-order valence-corrected chi connectivity index (χ0v) is 13.2. The Labute approximate surface area is 136 Å². The van der Waals surface area contributed by atoms with E-state index in [4.69, 9.17) is 4.74 Å². The topological polar surface area (TPSA) is 67.3 Å². The number of nitrogens with one attached hydrogen (secondary N) is 1. The third-order valence-electron chi connectivity index (χ3n) is 4.31. The lowest BCUT2D eigenvalue weighted by atomic mass is 10.0. The molecule has 1 fully saturated rings. The van der Waals surface area contributed by atoms with Crippen LogP contribution in [0.5, 0.6) is 11.6 Å². The lowest BCUT2D eigenvalue weighted by molar-refractivity contribution is 0.109. The van der Waals surface area contributed by atoms with Crippen molar-refractivity contribution in [3.63, 3.8) is 0 Å². The van der Waals surface area contributed by atoms with Gasteiger partial charge in [0.15, 0.2) is 0 Å². The number of aliphatic hydroxyl groups is 1. The van der Waals surface area contributed by atoms with Gasteiger partial charge in [-0.1, -0.05) is 25.0 Å². The van der Waals surface area contributed by atoms with Gasteiger partial charge in [-0.3, -0.25) is 4.98 Å². The molecule has 1 atom stereocenters. The van der Waals surface area contributed by atoms with Crippen LogP contribution in [0.25, 0.3) is 0 Å². The molecular formula is C18H23N3O2. The van der Waals surface area contributed by atoms with Crippen molar-refractivity contribution in [2.24, 2.45) is 5.92 Å². The summed E-state index contributed by atoms with van der Waals surface area (Å²) in [5.74, 6) is 1.70. The van der Waals surface area contributed by atoms with Crippen molar-refractivity contribution < 1.29 is 9.84 Å². The number of rotatable bonds is 7. The average Bonchev–Trinajstić information content (AvgIpc) is 3.12. The third-order valence-corrected chi connectivity index (χ3v) is 4.31. The van der Waals surface area contributed by atoms with Crippen molar-refractivity contribution in [3.8, 4) is 11.6 Å². The van der Waals surface area contributed by atoms with Crippen molar-refractivity contribution in [1.29, 1.82) is 0 Å². The lowest BCUT2D eigenvalue weighted by Gasteiger charge is -2.18. The molecule has 5 nitrogen and oxygen atoms in total. The van der Waals surface area contributed by atoms with Crippen LogP contribution in [-0.2, 0) is 6.54 Å². The highest BCUT2D eigenvalue weighted by molar-refractivity contribution is 5.29. The minimum absolute atomic E-state index is 0.225. The van der Waals surface area contributed by atoms with Crippen molar-refractivity contribution in [2.45, 2.75) is 38.3 Å². The fraction of sp³-hybridized carbons (Fsp3) is 0.444. The van der Waals surface area contributed by atoms with Gasteiger partial charge in [-0.15, -0.1) is 0 Å². The molecule has 1 aromatic heterocycles. The predicted octanol–water partition coefficient (Wildman–Crippen LogP) is 2.91. The van der Waals surface area contributed by atoms with Crippen LogP contribution in [0.3, 0.4) is 0 Å². The Morgan fingerprint density at radius 2 is 1.96 bits per heavy atom. The summed E-state index contributed by atoms with van der Waals surface area (Å²) in [6.45, 7) is 1.40. The molecule has 3 rings (SSSR count). The molecule has 1 heterocycles. The van der Waals surface area contributed by atoms with Crippen LogP contribution in [-0.4, -0.2) is 27.7 Å². The standard InChI is InChI=1S/C18H23N3O2/c22-17(15-3-1-2-4-15)12-20-11-14-5-7-16(8-6-14)23-18-13-19-9-10-21-18/h5-10,13,15,17,20,22H,1-4,11-12H2. The molecule has 5 heteroatoms. The molecule has 0 saturated heterocycles. The van der Waals surface area contributed by atoms with Crippen LogP contribution < -0.4 is 10.1 Å². The van der Waals surface area contributed by atoms with E-state index in [1.165, 1.54) is 12.8 Å². The van der Waals surface area contributed by atoms with E-state index < -0.39 is 0 Å². The summed E-state index contributed by atoms with van der Waals surface area (Å²) in [6, 6.07) is 7.86. The van der Waals surface area contributed by atoms with Crippen LogP contribution in [0.1, 0.15) is 31.2 Å². The Morgan fingerprint density at radius 1 is 1.17 bits per heavy atom. The van der Waals surface area contributed by atoms with Crippen LogP contribution >= 0.6 is 0 Å². The quantitative estimate of drug-likeness (QED) is 0.822. The number of aliphatic hydroxyl groups excluding tert-OH is 1. The summed E-state index contributed by atoms with van der Waals surface area (Å²) < 4.78 is 5.61. The van der Waals surface area contributed by atoms with Gasteiger partial charge in [-0.05, 0) is 36.5 Å². The van der Waals surface area contributed by atoms with E-state index in [1.54, 1.807) is 18.6 Å². The molecule has 0 spiro atoms. The first-order chi connectivity index (χ1) is 11.3. The van der Waals surface area contributed by atoms with E-state index in [9.17, 15) is 5.11 Å². The lowest BCUT2D eigenvalue weighted by Crippen LogP contribution is -2.31. The van der Waals surface area contributed by atoms with Gasteiger partial charge in [0.05, 0.1) is 12.3 Å². The maximum Gasteiger partial charge on any atom is 0.237 e. The van der Waals surface area contributed by atoms with Gasteiger partial charge in [0.25, 0.3) is 0 Å². The Hall–Kier alpha value is -1.98. The SMILES string of the molecule is OC(CNCc1ccc(Oc2cnccn2)cc1)C1CCCC1. The number of aromatic nitrogens is 2. The zero-order chi connectivity index (χ0) is 15.9. The van der Waals surface area contributed by atoms with Gasteiger partial charge < -0.3 is 15.2 Å². The normalized spacial score (nSPS) is 16.4.